The minimum Gasteiger partial charge on any atom is -0.330 e. The second-order valence-electron chi connectivity index (χ2n) is 3.43. The van der Waals surface area contributed by atoms with Crippen LogP contribution >= 0.6 is 0 Å². The summed E-state index contributed by atoms with van der Waals surface area (Å²) in [6.45, 7) is 6.06. The molecule has 0 aliphatic carbocycles. The van der Waals surface area contributed by atoms with Gasteiger partial charge in [-0.3, -0.25) is 0 Å². The van der Waals surface area contributed by atoms with E-state index in [0.717, 1.165) is 25.4 Å². The van der Waals surface area contributed by atoms with Crippen molar-refractivity contribution >= 4 is 0 Å². The third-order valence-corrected chi connectivity index (χ3v) is 2.29. The summed E-state index contributed by atoms with van der Waals surface area (Å²) in [5.74, 6) is 1.45. The smallest absolute Gasteiger partial charge is 0.00514 e. The van der Waals surface area contributed by atoms with Gasteiger partial charge in [0.2, 0.25) is 0 Å². The van der Waals surface area contributed by atoms with E-state index in [1.165, 1.54) is 12.8 Å². The Balaban J connectivity index is 3.49. The van der Waals surface area contributed by atoms with Gasteiger partial charge < -0.3 is 11.5 Å². The van der Waals surface area contributed by atoms with Crippen LogP contribution in [0.1, 0.15) is 33.1 Å². The fraction of sp³-hybridized carbons (Fsp3) is 1.00. The van der Waals surface area contributed by atoms with E-state index >= 15 is 0 Å². The molecule has 0 aliphatic rings. The monoisotopic (exact) mass is 158 g/mol. The lowest BCUT2D eigenvalue weighted by Crippen LogP contribution is -2.17. The lowest BCUT2D eigenvalue weighted by molar-refractivity contribution is 0.369. The Labute approximate surface area is 70.3 Å². The van der Waals surface area contributed by atoms with Crippen molar-refractivity contribution in [3.63, 3.8) is 0 Å². The molecule has 0 aromatic heterocycles. The van der Waals surface area contributed by atoms with Crippen LogP contribution in [-0.2, 0) is 0 Å². The van der Waals surface area contributed by atoms with Gasteiger partial charge in [0, 0.05) is 0 Å². The van der Waals surface area contributed by atoms with Crippen LogP contribution in [0.25, 0.3) is 0 Å². The molecule has 0 spiro atoms. The van der Waals surface area contributed by atoms with Crippen LogP contribution in [0.3, 0.4) is 0 Å². The third kappa shape index (κ3) is 5.22. The molecule has 11 heavy (non-hydrogen) atoms. The summed E-state index contributed by atoms with van der Waals surface area (Å²) < 4.78 is 0. The quantitative estimate of drug-likeness (QED) is 0.613. The minimum atomic E-state index is 0.659. The van der Waals surface area contributed by atoms with Crippen molar-refractivity contribution in [2.24, 2.45) is 23.3 Å². The highest BCUT2D eigenvalue weighted by atomic mass is 14.5. The van der Waals surface area contributed by atoms with Gasteiger partial charge in [-0.05, 0) is 37.8 Å². The Kier molecular flexibility index (Phi) is 6.57. The first-order valence-electron chi connectivity index (χ1n) is 4.64. The van der Waals surface area contributed by atoms with Crippen molar-refractivity contribution in [1.29, 1.82) is 0 Å². The van der Waals surface area contributed by atoms with E-state index in [1.807, 2.05) is 0 Å². The number of hydrogen-bond donors (Lipinski definition) is 2. The van der Waals surface area contributed by atoms with Gasteiger partial charge in [-0.1, -0.05) is 20.3 Å². The Morgan fingerprint density at radius 2 is 1.91 bits per heavy atom. The van der Waals surface area contributed by atoms with Crippen LogP contribution < -0.4 is 11.5 Å². The largest absolute Gasteiger partial charge is 0.330 e. The van der Waals surface area contributed by atoms with E-state index in [1.54, 1.807) is 0 Å². The third-order valence-electron chi connectivity index (χ3n) is 2.29. The fourth-order valence-corrected chi connectivity index (χ4v) is 1.39. The highest BCUT2D eigenvalue weighted by Crippen LogP contribution is 2.17. The minimum absolute atomic E-state index is 0.659. The number of nitrogens with two attached hydrogens (primary N) is 2. The van der Waals surface area contributed by atoms with Crippen LogP contribution in [-0.4, -0.2) is 13.1 Å². The second-order valence-corrected chi connectivity index (χ2v) is 3.43. The van der Waals surface area contributed by atoms with E-state index in [4.69, 9.17) is 11.5 Å². The normalized spacial score (nSPS) is 16.4. The molecule has 0 bridgehead atoms. The van der Waals surface area contributed by atoms with Crippen molar-refractivity contribution in [1.82, 2.24) is 0 Å². The van der Waals surface area contributed by atoms with E-state index in [0.29, 0.717) is 5.92 Å². The lowest BCUT2D eigenvalue weighted by atomic mass is 9.91. The molecule has 0 radical (unpaired) electrons. The molecule has 0 fully saturated rings. The summed E-state index contributed by atoms with van der Waals surface area (Å²) in [7, 11) is 0. The van der Waals surface area contributed by atoms with Gasteiger partial charge in [-0.2, -0.15) is 0 Å². The summed E-state index contributed by atoms with van der Waals surface area (Å²) in [5.41, 5.74) is 11.0. The maximum absolute atomic E-state index is 5.54. The van der Waals surface area contributed by atoms with E-state index in [2.05, 4.69) is 13.8 Å². The van der Waals surface area contributed by atoms with E-state index < -0.39 is 0 Å². The average molecular weight is 158 g/mol. The van der Waals surface area contributed by atoms with Crippen LogP contribution in [0.2, 0.25) is 0 Å². The first kappa shape index (κ1) is 10.9. The zero-order valence-corrected chi connectivity index (χ0v) is 7.84. The average Bonchev–Trinajstić information content (AvgIpc) is 2.03. The highest BCUT2D eigenvalue weighted by Gasteiger charge is 2.08. The highest BCUT2D eigenvalue weighted by molar-refractivity contribution is 4.63. The van der Waals surface area contributed by atoms with Gasteiger partial charge in [0.05, 0.1) is 0 Å². The molecular formula is C9H22N2. The van der Waals surface area contributed by atoms with Crippen LogP contribution in [0.4, 0.5) is 0 Å². The summed E-state index contributed by atoms with van der Waals surface area (Å²) in [6, 6.07) is 0. The van der Waals surface area contributed by atoms with Crippen LogP contribution in [0, 0.1) is 11.8 Å². The van der Waals surface area contributed by atoms with Gasteiger partial charge >= 0.3 is 0 Å². The Morgan fingerprint density at radius 1 is 1.27 bits per heavy atom. The van der Waals surface area contributed by atoms with Crippen molar-refractivity contribution in [2.45, 2.75) is 33.1 Å². The van der Waals surface area contributed by atoms with Gasteiger partial charge in [-0.15, -0.1) is 0 Å². The molecule has 0 aromatic rings. The number of rotatable bonds is 6. The molecule has 4 N–H and O–H groups in total. The summed E-state index contributed by atoms with van der Waals surface area (Å²) >= 11 is 0. The molecule has 0 heterocycles. The second kappa shape index (κ2) is 6.62. The molecule has 2 nitrogen and oxygen atoms in total. The van der Waals surface area contributed by atoms with Gasteiger partial charge in [0.25, 0.3) is 0 Å². The Hall–Kier alpha value is -0.0800. The molecule has 0 saturated heterocycles. The van der Waals surface area contributed by atoms with Gasteiger partial charge in [0.15, 0.2) is 0 Å². The summed E-state index contributed by atoms with van der Waals surface area (Å²) in [4.78, 5) is 0. The topological polar surface area (TPSA) is 52.0 Å². The molecule has 68 valence electrons. The van der Waals surface area contributed by atoms with E-state index in [-0.39, 0.29) is 0 Å². The molecule has 0 rings (SSSR count). The van der Waals surface area contributed by atoms with Crippen LogP contribution in [0.5, 0.6) is 0 Å². The fourth-order valence-electron chi connectivity index (χ4n) is 1.39. The first-order chi connectivity index (χ1) is 5.24. The predicted molar refractivity (Wildman–Crippen MR) is 50.3 cm³/mol. The molecule has 2 heteroatoms. The molecule has 2 unspecified atom stereocenters. The van der Waals surface area contributed by atoms with Crippen LogP contribution in [0.15, 0.2) is 0 Å². The zero-order chi connectivity index (χ0) is 8.69. The predicted octanol–water partition coefficient (Wildman–Crippen LogP) is 1.35. The van der Waals surface area contributed by atoms with Crippen molar-refractivity contribution in [3.8, 4) is 0 Å². The van der Waals surface area contributed by atoms with E-state index in [9.17, 15) is 0 Å². The molecule has 0 saturated carbocycles. The SMILES string of the molecule is CCC(CCN)CC(C)CN. The molecule has 0 amide bonds. The van der Waals surface area contributed by atoms with Gasteiger partial charge in [0.1, 0.15) is 0 Å². The molecular weight excluding hydrogens is 136 g/mol. The maximum Gasteiger partial charge on any atom is -0.00514 e. The van der Waals surface area contributed by atoms with Crippen molar-refractivity contribution in [3.05, 3.63) is 0 Å². The lowest BCUT2D eigenvalue weighted by Gasteiger charge is -2.17. The van der Waals surface area contributed by atoms with Crippen molar-refractivity contribution < 1.29 is 0 Å². The molecule has 0 aliphatic heterocycles. The Morgan fingerprint density at radius 3 is 2.27 bits per heavy atom. The maximum atomic E-state index is 5.54. The first-order valence-corrected chi connectivity index (χ1v) is 4.64. The Bertz CT molecular complexity index is 83.6. The standard InChI is InChI=1S/C9H22N2/c1-3-9(4-5-10)6-8(2)7-11/h8-9H,3-7,10-11H2,1-2H3. The van der Waals surface area contributed by atoms with Gasteiger partial charge in [-0.25, -0.2) is 0 Å². The number of hydrogen-bond acceptors (Lipinski definition) is 2. The molecule has 2 atom stereocenters. The molecule has 0 aromatic carbocycles. The summed E-state index contributed by atoms with van der Waals surface area (Å²) in [5, 5.41) is 0. The zero-order valence-electron chi connectivity index (χ0n) is 7.84. The van der Waals surface area contributed by atoms with Crippen molar-refractivity contribution in [2.75, 3.05) is 13.1 Å². The summed E-state index contributed by atoms with van der Waals surface area (Å²) in [6.07, 6.45) is 3.63.